The zero-order valence-corrected chi connectivity index (χ0v) is 11.2. The molecule has 0 fully saturated rings. The number of nitro groups is 1. The van der Waals surface area contributed by atoms with Gasteiger partial charge in [0, 0.05) is 30.6 Å². The van der Waals surface area contributed by atoms with E-state index in [4.69, 9.17) is 10.9 Å². The van der Waals surface area contributed by atoms with Gasteiger partial charge in [0.15, 0.2) is 5.84 Å². The monoisotopic (exact) mass is 287 g/mol. The summed E-state index contributed by atoms with van der Waals surface area (Å²) in [5, 5.41) is 22.7. The van der Waals surface area contributed by atoms with Gasteiger partial charge >= 0.3 is 5.69 Å². The third kappa shape index (κ3) is 2.89. The van der Waals surface area contributed by atoms with Crippen LogP contribution in [0.2, 0.25) is 0 Å². The van der Waals surface area contributed by atoms with E-state index in [1.165, 1.54) is 12.3 Å². The molecule has 0 radical (unpaired) electrons. The molecule has 0 amide bonds. The molecule has 21 heavy (non-hydrogen) atoms. The second kappa shape index (κ2) is 5.87. The number of pyridine rings is 1. The second-order valence-corrected chi connectivity index (χ2v) is 4.20. The molecule has 0 bridgehead atoms. The van der Waals surface area contributed by atoms with Crippen LogP contribution in [0.15, 0.2) is 47.8 Å². The van der Waals surface area contributed by atoms with Crippen molar-refractivity contribution < 1.29 is 10.1 Å². The molecule has 0 aliphatic carbocycles. The Morgan fingerprint density at radius 1 is 1.43 bits per heavy atom. The van der Waals surface area contributed by atoms with Crippen LogP contribution in [-0.2, 0) is 0 Å². The van der Waals surface area contributed by atoms with E-state index < -0.39 is 4.92 Å². The average molecular weight is 287 g/mol. The van der Waals surface area contributed by atoms with Gasteiger partial charge in [0.1, 0.15) is 0 Å². The van der Waals surface area contributed by atoms with Gasteiger partial charge in [-0.15, -0.1) is 0 Å². The fourth-order valence-electron chi connectivity index (χ4n) is 1.81. The van der Waals surface area contributed by atoms with Gasteiger partial charge in [-0.05, 0) is 12.1 Å². The molecule has 0 aliphatic heterocycles. The number of amidine groups is 1. The quantitative estimate of drug-likeness (QED) is 0.291. The summed E-state index contributed by atoms with van der Waals surface area (Å²) in [6.45, 7) is 0. The largest absolute Gasteiger partial charge is 0.409 e. The summed E-state index contributed by atoms with van der Waals surface area (Å²) >= 11 is 0. The standard InChI is InChI=1S/C13H13N5O3/c1-17(10-5-3-2-4-6-10)13-11(18(20)21)7-9(8-15-13)12(14)16-19/h2-8,19H,1H3,(H2,14,16). The molecule has 1 heterocycles. The van der Waals surface area contributed by atoms with Crippen molar-refractivity contribution in [2.45, 2.75) is 0 Å². The first-order valence-corrected chi connectivity index (χ1v) is 5.95. The molecule has 0 saturated carbocycles. The van der Waals surface area contributed by atoms with Crippen molar-refractivity contribution in [1.82, 2.24) is 4.98 Å². The van der Waals surface area contributed by atoms with Crippen LogP contribution in [0.5, 0.6) is 0 Å². The van der Waals surface area contributed by atoms with E-state index in [2.05, 4.69) is 10.1 Å². The maximum absolute atomic E-state index is 11.2. The van der Waals surface area contributed by atoms with Crippen LogP contribution in [0.1, 0.15) is 5.56 Å². The number of benzene rings is 1. The van der Waals surface area contributed by atoms with Crippen LogP contribution in [0.25, 0.3) is 0 Å². The molecule has 8 nitrogen and oxygen atoms in total. The Bertz CT molecular complexity index is 687. The van der Waals surface area contributed by atoms with Crippen LogP contribution < -0.4 is 10.6 Å². The first-order valence-electron chi connectivity index (χ1n) is 5.95. The van der Waals surface area contributed by atoms with Crippen LogP contribution in [0.4, 0.5) is 17.2 Å². The van der Waals surface area contributed by atoms with Crippen LogP contribution in [0, 0.1) is 10.1 Å². The number of hydrogen-bond acceptors (Lipinski definition) is 6. The third-order valence-electron chi connectivity index (χ3n) is 2.91. The van der Waals surface area contributed by atoms with E-state index in [-0.39, 0.29) is 22.9 Å². The lowest BCUT2D eigenvalue weighted by Gasteiger charge is -2.18. The van der Waals surface area contributed by atoms with E-state index in [1.54, 1.807) is 11.9 Å². The first kappa shape index (κ1) is 14.3. The van der Waals surface area contributed by atoms with Gasteiger partial charge in [-0.3, -0.25) is 10.1 Å². The minimum absolute atomic E-state index is 0.167. The predicted molar refractivity (Wildman–Crippen MR) is 77.9 cm³/mol. The van der Waals surface area contributed by atoms with Gasteiger partial charge in [0.25, 0.3) is 0 Å². The van der Waals surface area contributed by atoms with Crippen LogP contribution in [0.3, 0.4) is 0 Å². The molecule has 1 aromatic carbocycles. The van der Waals surface area contributed by atoms with Gasteiger partial charge in [-0.2, -0.15) is 0 Å². The molecular formula is C13H13N5O3. The summed E-state index contributed by atoms with van der Waals surface area (Å²) in [5.74, 6) is -0.0693. The zero-order valence-electron chi connectivity index (χ0n) is 11.2. The van der Waals surface area contributed by atoms with E-state index >= 15 is 0 Å². The van der Waals surface area contributed by atoms with Gasteiger partial charge in [0.2, 0.25) is 5.82 Å². The topological polar surface area (TPSA) is 118 Å². The molecule has 0 unspecified atom stereocenters. The Balaban J connectivity index is 2.51. The number of nitrogens with zero attached hydrogens (tertiary/aromatic N) is 4. The van der Waals surface area contributed by atoms with E-state index in [0.717, 1.165) is 5.69 Å². The van der Waals surface area contributed by atoms with Crippen molar-refractivity contribution in [3.8, 4) is 0 Å². The Morgan fingerprint density at radius 2 is 2.10 bits per heavy atom. The van der Waals surface area contributed by atoms with Crippen molar-refractivity contribution in [2.75, 3.05) is 11.9 Å². The highest BCUT2D eigenvalue weighted by molar-refractivity contribution is 5.97. The highest BCUT2D eigenvalue weighted by Gasteiger charge is 2.21. The smallest absolute Gasteiger partial charge is 0.312 e. The molecule has 8 heteroatoms. The summed E-state index contributed by atoms with van der Waals surface area (Å²) in [7, 11) is 1.67. The van der Waals surface area contributed by atoms with Crippen molar-refractivity contribution in [1.29, 1.82) is 0 Å². The SMILES string of the molecule is CN(c1ccccc1)c1ncc(/C(N)=N/O)cc1[N+](=O)[O-]. The number of oxime groups is 1. The lowest BCUT2D eigenvalue weighted by atomic mass is 10.2. The fraction of sp³-hybridized carbons (Fsp3) is 0.0769. The van der Waals surface area contributed by atoms with Gasteiger partial charge in [0.05, 0.1) is 4.92 Å². The summed E-state index contributed by atoms with van der Waals surface area (Å²) in [5.41, 5.74) is 6.12. The Labute approximate surface area is 120 Å². The normalized spacial score (nSPS) is 11.2. The molecule has 0 saturated heterocycles. The number of nitrogens with two attached hydrogens (primary N) is 1. The predicted octanol–water partition coefficient (Wildman–Crippen LogP) is 1.85. The number of rotatable bonds is 4. The van der Waals surface area contributed by atoms with E-state index in [9.17, 15) is 10.1 Å². The summed E-state index contributed by atoms with van der Waals surface area (Å²) in [6.07, 6.45) is 1.32. The number of aromatic nitrogens is 1. The number of para-hydroxylation sites is 1. The molecule has 0 aliphatic rings. The second-order valence-electron chi connectivity index (χ2n) is 4.20. The Kier molecular flexibility index (Phi) is 3.98. The first-order chi connectivity index (χ1) is 10.0. The maximum atomic E-state index is 11.2. The molecular weight excluding hydrogens is 274 g/mol. The van der Waals surface area contributed by atoms with Crippen LogP contribution in [-0.4, -0.2) is 28.0 Å². The minimum Gasteiger partial charge on any atom is -0.409 e. The molecule has 0 atom stereocenters. The van der Waals surface area contributed by atoms with Gasteiger partial charge < -0.3 is 15.8 Å². The van der Waals surface area contributed by atoms with Gasteiger partial charge in [-0.1, -0.05) is 23.4 Å². The molecule has 2 rings (SSSR count). The summed E-state index contributed by atoms with van der Waals surface area (Å²) in [6, 6.07) is 10.3. The molecule has 3 N–H and O–H groups in total. The Hall–Kier alpha value is -3.16. The molecule has 2 aromatic rings. The van der Waals surface area contributed by atoms with Crippen molar-refractivity contribution in [3.05, 3.63) is 58.3 Å². The Morgan fingerprint density at radius 3 is 2.67 bits per heavy atom. The van der Waals surface area contributed by atoms with Crippen molar-refractivity contribution >= 4 is 23.0 Å². The highest BCUT2D eigenvalue weighted by Crippen LogP contribution is 2.30. The number of anilines is 2. The maximum Gasteiger partial charge on any atom is 0.312 e. The van der Waals surface area contributed by atoms with Crippen molar-refractivity contribution in [3.63, 3.8) is 0 Å². The molecule has 1 aromatic heterocycles. The lowest BCUT2D eigenvalue weighted by Crippen LogP contribution is -2.17. The van der Waals surface area contributed by atoms with Crippen LogP contribution >= 0.6 is 0 Å². The fourth-order valence-corrected chi connectivity index (χ4v) is 1.81. The lowest BCUT2D eigenvalue weighted by molar-refractivity contribution is -0.384. The summed E-state index contributed by atoms with van der Waals surface area (Å²) in [4.78, 5) is 16.3. The summed E-state index contributed by atoms with van der Waals surface area (Å²) < 4.78 is 0. The minimum atomic E-state index is -0.560. The highest BCUT2D eigenvalue weighted by atomic mass is 16.6. The van der Waals surface area contributed by atoms with E-state index in [1.807, 2.05) is 30.3 Å². The molecule has 0 spiro atoms. The molecule has 108 valence electrons. The third-order valence-corrected chi connectivity index (χ3v) is 2.91. The zero-order chi connectivity index (χ0) is 15.4. The van der Waals surface area contributed by atoms with Gasteiger partial charge in [-0.25, -0.2) is 4.98 Å². The van der Waals surface area contributed by atoms with E-state index in [0.29, 0.717) is 0 Å². The average Bonchev–Trinajstić information content (AvgIpc) is 2.53. The number of hydrogen-bond donors (Lipinski definition) is 2. The van der Waals surface area contributed by atoms with Crippen molar-refractivity contribution in [2.24, 2.45) is 10.9 Å².